The standard InChI is InChI=1S/C17H34N2/c1-13(2)19(12-16-7-5-6-10-18-16)17-11-14(3)8-9-15(17)4/h13-18H,5-12H2,1-4H3. The summed E-state index contributed by atoms with van der Waals surface area (Å²) in [5, 5.41) is 3.73. The minimum Gasteiger partial charge on any atom is -0.313 e. The summed E-state index contributed by atoms with van der Waals surface area (Å²) in [7, 11) is 0. The summed E-state index contributed by atoms with van der Waals surface area (Å²) in [6, 6.07) is 2.23. The van der Waals surface area contributed by atoms with E-state index >= 15 is 0 Å². The molecule has 2 nitrogen and oxygen atoms in total. The molecule has 0 amide bonds. The first-order valence-electron chi connectivity index (χ1n) is 8.57. The topological polar surface area (TPSA) is 15.3 Å². The minimum atomic E-state index is 0.682. The van der Waals surface area contributed by atoms with E-state index in [1.807, 2.05) is 0 Å². The van der Waals surface area contributed by atoms with Crippen molar-refractivity contribution in [1.29, 1.82) is 0 Å². The van der Waals surface area contributed by atoms with Gasteiger partial charge in [-0.05, 0) is 57.9 Å². The summed E-state index contributed by atoms with van der Waals surface area (Å²) < 4.78 is 0. The van der Waals surface area contributed by atoms with Gasteiger partial charge < -0.3 is 5.32 Å². The van der Waals surface area contributed by atoms with E-state index in [9.17, 15) is 0 Å². The first kappa shape index (κ1) is 15.3. The van der Waals surface area contributed by atoms with Gasteiger partial charge in [-0.1, -0.05) is 26.7 Å². The smallest absolute Gasteiger partial charge is 0.0195 e. The van der Waals surface area contributed by atoms with E-state index in [0.717, 1.165) is 23.9 Å². The highest BCUT2D eigenvalue weighted by Crippen LogP contribution is 2.33. The van der Waals surface area contributed by atoms with Gasteiger partial charge in [0.05, 0.1) is 0 Å². The van der Waals surface area contributed by atoms with E-state index < -0.39 is 0 Å². The first-order valence-corrected chi connectivity index (χ1v) is 8.57. The highest BCUT2D eigenvalue weighted by Gasteiger charge is 2.32. The van der Waals surface area contributed by atoms with E-state index in [4.69, 9.17) is 0 Å². The summed E-state index contributed by atoms with van der Waals surface area (Å²) in [5.41, 5.74) is 0. The van der Waals surface area contributed by atoms with Crippen LogP contribution in [0.3, 0.4) is 0 Å². The molecule has 112 valence electrons. The van der Waals surface area contributed by atoms with Crippen LogP contribution in [0.4, 0.5) is 0 Å². The fourth-order valence-corrected chi connectivity index (χ4v) is 4.03. The van der Waals surface area contributed by atoms with Gasteiger partial charge in [0.1, 0.15) is 0 Å². The molecule has 0 aromatic rings. The monoisotopic (exact) mass is 266 g/mol. The molecule has 2 aliphatic rings. The Kier molecular flexibility index (Phi) is 5.70. The third-order valence-corrected chi connectivity index (χ3v) is 5.35. The van der Waals surface area contributed by atoms with Crippen molar-refractivity contribution in [1.82, 2.24) is 10.2 Å². The molecule has 1 aliphatic carbocycles. The van der Waals surface area contributed by atoms with Crippen LogP contribution < -0.4 is 5.32 Å². The first-order chi connectivity index (χ1) is 9.08. The van der Waals surface area contributed by atoms with E-state index in [1.54, 1.807) is 0 Å². The molecule has 1 aliphatic heterocycles. The number of piperidine rings is 1. The highest BCUT2D eigenvalue weighted by atomic mass is 15.2. The lowest BCUT2D eigenvalue weighted by atomic mass is 9.78. The Morgan fingerprint density at radius 3 is 2.53 bits per heavy atom. The lowest BCUT2D eigenvalue weighted by Gasteiger charge is -2.45. The molecule has 4 unspecified atom stereocenters. The number of hydrogen-bond donors (Lipinski definition) is 1. The maximum Gasteiger partial charge on any atom is 0.0195 e. The van der Waals surface area contributed by atoms with Gasteiger partial charge in [-0.15, -0.1) is 0 Å². The number of nitrogens with zero attached hydrogens (tertiary/aromatic N) is 1. The maximum atomic E-state index is 3.73. The van der Waals surface area contributed by atoms with Gasteiger partial charge in [0.2, 0.25) is 0 Å². The Hall–Kier alpha value is -0.0800. The molecule has 1 N–H and O–H groups in total. The Bertz CT molecular complexity index is 258. The van der Waals surface area contributed by atoms with E-state index in [0.29, 0.717) is 6.04 Å². The van der Waals surface area contributed by atoms with Crippen LogP contribution in [-0.4, -0.2) is 36.1 Å². The highest BCUT2D eigenvalue weighted by molar-refractivity contribution is 4.88. The molecular formula is C17H34N2. The van der Waals surface area contributed by atoms with Crippen LogP contribution in [0.2, 0.25) is 0 Å². The minimum absolute atomic E-state index is 0.682. The van der Waals surface area contributed by atoms with Gasteiger partial charge in [-0.25, -0.2) is 0 Å². The quantitative estimate of drug-likeness (QED) is 0.835. The van der Waals surface area contributed by atoms with Crippen molar-refractivity contribution in [2.45, 2.75) is 84.3 Å². The second-order valence-electron chi connectivity index (χ2n) is 7.40. The fourth-order valence-electron chi connectivity index (χ4n) is 4.03. The molecule has 1 heterocycles. The van der Waals surface area contributed by atoms with Gasteiger partial charge in [0, 0.05) is 24.7 Å². The van der Waals surface area contributed by atoms with Crippen molar-refractivity contribution in [2.75, 3.05) is 13.1 Å². The number of hydrogen-bond acceptors (Lipinski definition) is 2. The second kappa shape index (κ2) is 7.08. The van der Waals surface area contributed by atoms with Gasteiger partial charge in [0.15, 0.2) is 0 Å². The average Bonchev–Trinajstić information content (AvgIpc) is 2.40. The van der Waals surface area contributed by atoms with Crippen LogP contribution in [0.1, 0.15) is 66.2 Å². The van der Waals surface area contributed by atoms with Crippen molar-refractivity contribution in [2.24, 2.45) is 11.8 Å². The summed E-state index contributed by atoms with van der Waals surface area (Å²) in [6.45, 7) is 12.2. The molecule has 1 saturated heterocycles. The zero-order chi connectivity index (χ0) is 13.8. The van der Waals surface area contributed by atoms with Crippen LogP contribution >= 0.6 is 0 Å². The second-order valence-corrected chi connectivity index (χ2v) is 7.40. The van der Waals surface area contributed by atoms with Crippen LogP contribution in [0.15, 0.2) is 0 Å². The molecule has 1 saturated carbocycles. The molecular weight excluding hydrogens is 232 g/mol. The van der Waals surface area contributed by atoms with Crippen molar-refractivity contribution in [3.8, 4) is 0 Å². The van der Waals surface area contributed by atoms with Crippen LogP contribution in [-0.2, 0) is 0 Å². The summed E-state index contributed by atoms with van der Waals surface area (Å²) in [4.78, 5) is 2.81. The van der Waals surface area contributed by atoms with Crippen molar-refractivity contribution in [3.05, 3.63) is 0 Å². The lowest BCUT2D eigenvalue weighted by molar-refractivity contribution is 0.0532. The summed E-state index contributed by atoms with van der Waals surface area (Å²) in [5.74, 6) is 1.80. The molecule has 2 fully saturated rings. The van der Waals surface area contributed by atoms with Crippen molar-refractivity contribution < 1.29 is 0 Å². The SMILES string of the molecule is CC1CCC(C)C(N(CC2CCCCN2)C(C)C)C1. The Balaban J connectivity index is 1.97. The lowest BCUT2D eigenvalue weighted by Crippen LogP contribution is -2.53. The molecule has 0 spiro atoms. The molecule has 0 aromatic carbocycles. The van der Waals surface area contributed by atoms with Crippen LogP contribution in [0.25, 0.3) is 0 Å². The number of nitrogens with one attached hydrogen (secondary N) is 1. The Labute approximate surface area is 120 Å². The molecule has 0 aromatic heterocycles. The van der Waals surface area contributed by atoms with E-state index in [-0.39, 0.29) is 0 Å². The fraction of sp³-hybridized carbons (Fsp3) is 1.00. The van der Waals surface area contributed by atoms with Crippen molar-refractivity contribution >= 4 is 0 Å². The van der Waals surface area contributed by atoms with E-state index in [1.165, 1.54) is 51.6 Å². The molecule has 2 rings (SSSR count). The molecule has 2 heteroatoms. The predicted octanol–water partition coefficient (Wildman–Crippen LogP) is 3.66. The maximum absolute atomic E-state index is 3.73. The molecule has 19 heavy (non-hydrogen) atoms. The summed E-state index contributed by atoms with van der Waals surface area (Å²) >= 11 is 0. The van der Waals surface area contributed by atoms with Gasteiger partial charge >= 0.3 is 0 Å². The van der Waals surface area contributed by atoms with Gasteiger partial charge in [-0.2, -0.15) is 0 Å². The third kappa shape index (κ3) is 4.19. The zero-order valence-corrected chi connectivity index (χ0v) is 13.5. The van der Waals surface area contributed by atoms with Crippen LogP contribution in [0, 0.1) is 11.8 Å². The van der Waals surface area contributed by atoms with E-state index in [2.05, 4.69) is 37.9 Å². The normalized spacial score (nSPS) is 36.9. The molecule has 0 bridgehead atoms. The number of rotatable bonds is 4. The van der Waals surface area contributed by atoms with Gasteiger partial charge in [0.25, 0.3) is 0 Å². The molecule has 0 radical (unpaired) electrons. The predicted molar refractivity (Wildman–Crippen MR) is 83.5 cm³/mol. The Morgan fingerprint density at radius 1 is 1.11 bits per heavy atom. The summed E-state index contributed by atoms with van der Waals surface area (Å²) in [6.07, 6.45) is 8.43. The molecule has 4 atom stereocenters. The van der Waals surface area contributed by atoms with Crippen molar-refractivity contribution in [3.63, 3.8) is 0 Å². The zero-order valence-electron chi connectivity index (χ0n) is 13.5. The third-order valence-electron chi connectivity index (χ3n) is 5.35. The van der Waals surface area contributed by atoms with Gasteiger partial charge in [-0.3, -0.25) is 4.90 Å². The largest absolute Gasteiger partial charge is 0.313 e. The Morgan fingerprint density at radius 2 is 1.89 bits per heavy atom. The average molecular weight is 266 g/mol. The van der Waals surface area contributed by atoms with Crippen LogP contribution in [0.5, 0.6) is 0 Å².